The van der Waals surface area contributed by atoms with Gasteiger partial charge in [-0.25, -0.2) is 0 Å². The highest BCUT2D eigenvalue weighted by molar-refractivity contribution is 6.19. The Hall–Kier alpha value is -2.45. The monoisotopic (exact) mass is 329 g/mol. The van der Waals surface area contributed by atoms with Crippen molar-refractivity contribution in [2.75, 3.05) is 22.6 Å². The number of rotatable bonds is 2. The number of amides is 1. The van der Waals surface area contributed by atoms with Crippen molar-refractivity contribution in [2.24, 2.45) is 0 Å². The van der Waals surface area contributed by atoms with Gasteiger partial charge < -0.3 is 20.7 Å². The molecule has 0 aromatic heterocycles. The summed E-state index contributed by atoms with van der Waals surface area (Å²) < 4.78 is 43.3. The van der Waals surface area contributed by atoms with E-state index < -0.39 is 29.6 Å². The predicted octanol–water partition coefficient (Wildman–Crippen LogP) is 2.19. The minimum Gasteiger partial charge on any atom is -0.465 e. The smallest absolute Gasteiger partial charge is 0.427 e. The van der Waals surface area contributed by atoms with Crippen LogP contribution in [0.1, 0.15) is 19.4 Å². The van der Waals surface area contributed by atoms with Gasteiger partial charge in [-0.15, -0.1) is 0 Å². The highest BCUT2D eigenvalue weighted by atomic mass is 19.4. The van der Waals surface area contributed by atoms with Gasteiger partial charge in [-0.05, 0) is 26.0 Å². The van der Waals surface area contributed by atoms with Crippen LogP contribution in [0.5, 0.6) is 0 Å². The molecule has 2 aliphatic heterocycles. The SMILES string of the molecule is CCOC(=O)C1(C)C(=O)Nc2cc3c(cc21)NC(C(F)(F)F)N3. The summed E-state index contributed by atoms with van der Waals surface area (Å²) in [6.07, 6.45) is -6.39. The van der Waals surface area contributed by atoms with Crippen molar-refractivity contribution in [3.8, 4) is 0 Å². The van der Waals surface area contributed by atoms with E-state index in [0.717, 1.165) is 0 Å². The maximum absolute atomic E-state index is 12.8. The first-order valence-electron chi connectivity index (χ1n) is 6.95. The summed E-state index contributed by atoms with van der Waals surface area (Å²) in [6.45, 7) is 3.09. The minimum atomic E-state index is -4.48. The number of esters is 1. The summed E-state index contributed by atoms with van der Waals surface area (Å²) in [6, 6.07) is 2.75. The molecule has 3 N–H and O–H groups in total. The fourth-order valence-electron chi connectivity index (χ4n) is 2.71. The van der Waals surface area contributed by atoms with Crippen LogP contribution >= 0.6 is 0 Å². The van der Waals surface area contributed by atoms with Crippen molar-refractivity contribution >= 4 is 28.9 Å². The molecule has 0 saturated heterocycles. The van der Waals surface area contributed by atoms with E-state index >= 15 is 0 Å². The van der Waals surface area contributed by atoms with Crippen LogP contribution < -0.4 is 16.0 Å². The van der Waals surface area contributed by atoms with Gasteiger partial charge in [0.1, 0.15) is 0 Å². The molecular weight excluding hydrogens is 315 g/mol. The van der Waals surface area contributed by atoms with E-state index in [9.17, 15) is 22.8 Å². The average Bonchev–Trinajstić information content (AvgIpc) is 2.97. The second-order valence-corrected chi connectivity index (χ2v) is 5.51. The third-order valence-electron chi connectivity index (χ3n) is 4.01. The number of hydrogen-bond donors (Lipinski definition) is 3. The molecule has 0 radical (unpaired) electrons. The van der Waals surface area contributed by atoms with E-state index in [1.807, 2.05) is 0 Å². The zero-order valence-electron chi connectivity index (χ0n) is 12.3. The normalized spacial score (nSPS) is 25.1. The molecule has 3 rings (SSSR count). The molecule has 9 heteroatoms. The van der Waals surface area contributed by atoms with Crippen molar-refractivity contribution in [3.05, 3.63) is 17.7 Å². The lowest BCUT2D eigenvalue weighted by Crippen LogP contribution is -2.41. The number of halogens is 3. The maximum Gasteiger partial charge on any atom is 0.427 e. The minimum absolute atomic E-state index is 0.0952. The van der Waals surface area contributed by atoms with E-state index in [1.54, 1.807) is 6.92 Å². The number of fused-ring (bicyclic) bond motifs is 2. The van der Waals surface area contributed by atoms with Crippen LogP contribution in [-0.2, 0) is 19.7 Å². The third-order valence-corrected chi connectivity index (χ3v) is 4.01. The number of benzene rings is 1. The molecule has 23 heavy (non-hydrogen) atoms. The molecule has 0 bridgehead atoms. The van der Waals surface area contributed by atoms with Crippen LogP contribution in [0.4, 0.5) is 30.2 Å². The molecule has 0 aliphatic carbocycles. The van der Waals surface area contributed by atoms with Crippen molar-refractivity contribution in [3.63, 3.8) is 0 Å². The zero-order chi connectivity index (χ0) is 17.0. The Kier molecular flexibility index (Phi) is 3.20. The lowest BCUT2D eigenvalue weighted by molar-refractivity contribution is -0.152. The summed E-state index contributed by atoms with van der Waals surface area (Å²) in [5.41, 5.74) is -0.617. The Balaban J connectivity index is 2.01. The molecule has 1 aromatic rings. The lowest BCUT2D eigenvalue weighted by Gasteiger charge is -2.20. The fourth-order valence-corrected chi connectivity index (χ4v) is 2.71. The number of nitrogens with one attached hydrogen (secondary N) is 3. The van der Waals surface area contributed by atoms with E-state index in [0.29, 0.717) is 5.69 Å². The Morgan fingerprint density at radius 1 is 1.26 bits per heavy atom. The van der Waals surface area contributed by atoms with Crippen molar-refractivity contribution in [2.45, 2.75) is 31.6 Å². The Labute approximate surface area is 129 Å². The quantitative estimate of drug-likeness (QED) is 0.572. The summed E-state index contributed by atoms with van der Waals surface area (Å²) in [5, 5.41) is 7.12. The van der Waals surface area contributed by atoms with Crippen LogP contribution in [0.25, 0.3) is 0 Å². The molecular formula is C14H14F3N3O3. The first-order valence-corrected chi connectivity index (χ1v) is 6.95. The Morgan fingerprint density at radius 3 is 2.43 bits per heavy atom. The summed E-state index contributed by atoms with van der Waals surface area (Å²) in [7, 11) is 0. The van der Waals surface area contributed by atoms with Crippen LogP contribution in [-0.4, -0.2) is 30.8 Å². The number of carbonyl (C=O) groups is 2. The van der Waals surface area contributed by atoms with Crippen molar-refractivity contribution in [1.29, 1.82) is 0 Å². The van der Waals surface area contributed by atoms with Crippen LogP contribution in [0.2, 0.25) is 0 Å². The molecule has 6 nitrogen and oxygen atoms in total. The van der Waals surface area contributed by atoms with Crippen molar-refractivity contribution < 1.29 is 27.5 Å². The van der Waals surface area contributed by atoms with Gasteiger partial charge >= 0.3 is 12.1 Å². The van der Waals surface area contributed by atoms with Crippen molar-refractivity contribution in [1.82, 2.24) is 0 Å². The highest BCUT2D eigenvalue weighted by Crippen LogP contribution is 2.45. The zero-order valence-corrected chi connectivity index (χ0v) is 12.3. The van der Waals surface area contributed by atoms with E-state index in [-0.39, 0.29) is 23.5 Å². The van der Waals surface area contributed by atoms with Crippen LogP contribution in [0, 0.1) is 0 Å². The summed E-state index contributed by atoms with van der Waals surface area (Å²) in [5.74, 6) is -1.31. The number of hydrogen-bond acceptors (Lipinski definition) is 5. The van der Waals surface area contributed by atoms with Gasteiger partial charge in [-0.1, -0.05) is 0 Å². The lowest BCUT2D eigenvalue weighted by atomic mass is 9.83. The number of alkyl halides is 3. The molecule has 2 aliphatic rings. The topological polar surface area (TPSA) is 79.5 Å². The van der Waals surface area contributed by atoms with Gasteiger partial charge in [0, 0.05) is 11.3 Å². The number of carbonyl (C=O) groups excluding carboxylic acids is 2. The molecule has 1 amide bonds. The van der Waals surface area contributed by atoms with Gasteiger partial charge in [0.25, 0.3) is 0 Å². The largest absolute Gasteiger partial charge is 0.465 e. The van der Waals surface area contributed by atoms with Crippen LogP contribution in [0.15, 0.2) is 12.1 Å². The van der Waals surface area contributed by atoms with Crippen LogP contribution in [0.3, 0.4) is 0 Å². The second kappa shape index (κ2) is 4.77. The first-order chi connectivity index (χ1) is 10.7. The molecule has 124 valence electrons. The molecule has 2 heterocycles. The molecule has 2 atom stereocenters. The van der Waals surface area contributed by atoms with Gasteiger partial charge in [-0.3, -0.25) is 9.59 Å². The van der Waals surface area contributed by atoms with Gasteiger partial charge in [0.05, 0.1) is 18.0 Å². The Bertz CT molecular complexity index is 704. The standard InChI is InChI=1S/C14H14F3N3O3/c1-3-23-12(22)13(2)6-4-8-9(5-7(6)20-11(13)21)19-10(18-8)14(15,16)17/h4-5,10,18-19H,3H2,1-2H3,(H,20,21). The number of anilines is 3. The Morgan fingerprint density at radius 2 is 1.87 bits per heavy atom. The average molecular weight is 329 g/mol. The van der Waals surface area contributed by atoms with Gasteiger partial charge in [-0.2, -0.15) is 13.2 Å². The molecule has 0 spiro atoms. The van der Waals surface area contributed by atoms with Gasteiger partial charge in [0.2, 0.25) is 5.91 Å². The van der Waals surface area contributed by atoms with Gasteiger partial charge in [0.15, 0.2) is 11.6 Å². The molecule has 1 aromatic carbocycles. The molecule has 2 unspecified atom stereocenters. The molecule has 0 fully saturated rings. The van der Waals surface area contributed by atoms with E-state index in [2.05, 4.69) is 16.0 Å². The van der Waals surface area contributed by atoms with E-state index in [4.69, 9.17) is 4.74 Å². The second-order valence-electron chi connectivity index (χ2n) is 5.51. The first kappa shape index (κ1) is 15.4. The third kappa shape index (κ3) is 2.18. The molecule has 0 saturated carbocycles. The van der Waals surface area contributed by atoms with E-state index in [1.165, 1.54) is 19.1 Å². The number of ether oxygens (including phenoxy) is 1. The highest BCUT2D eigenvalue weighted by Gasteiger charge is 2.52. The fraction of sp³-hybridized carbons (Fsp3) is 0.429. The predicted molar refractivity (Wildman–Crippen MR) is 76.1 cm³/mol. The summed E-state index contributed by atoms with van der Waals surface area (Å²) >= 11 is 0. The maximum atomic E-state index is 12.8. The summed E-state index contributed by atoms with van der Waals surface area (Å²) in [4.78, 5) is 24.4.